The summed E-state index contributed by atoms with van der Waals surface area (Å²) in [4.78, 5) is 29.8. The van der Waals surface area contributed by atoms with E-state index < -0.39 is 23.2 Å². The summed E-state index contributed by atoms with van der Waals surface area (Å²) in [6.07, 6.45) is 0.587. The molecule has 0 radical (unpaired) electrons. The summed E-state index contributed by atoms with van der Waals surface area (Å²) in [7, 11) is 0. The second-order valence-electron chi connectivity index (χ2n) is 4.33. The lowest BCUT2D eigenvalue weighted by Crippen LogP contribution is -2.17. The number of nitrogens with zero attached hydrogens (tertiary/aromatic N) is 1. The second kappa shape index (κ2) is 7.17. The Balaban J connectivity index is 2.01. The minimum atomic E-state index is -0.849. The summed E-state index contributed by atoms with van der Waals surface area (Å²) in [5, 5.41) is 2.45. The lowest BCUT2D eigenvalue weighted by Gasteiger charge is -2.07. The molecule has 1 aromatic heterocycles. The Bertz CT molecular complexity index is 729. The van der Waals surface area contributed by atoms with Gasteiger partial charge in [0.25, 0.3) is 5.56 Å². The molecule has 0 aliphatic carbocycles. The third kappa shape index (κ3) is 4.14. The van der Waals surface area contributed by atoms with Crippen LogP contribution in [0.4, 0.5) is 14.5 Å². The molecule has 8 heteroatoms. The smallest absolute Gasteiger partial charge is 0.251 e. The molecule has 1 aromatic carbocycles. The third-order valence-corrected chi connectivity index (χ3v) is 3.58. The average molecular weight is 325 g/mol. The van der Waals surface area contributed by atoms with Crippen molar-refractivity contribution in [1.29, 1.82) is 0 Å². The van der Waals surface area contributed by atoms with Gasteiger partial charge in [-0.25, -0.2) is 13.8 Å². The van der Waals surface area contributed by atoms with Gasteiger partial charge in [-0.3, -0.25) is 9.59 Å². The number of rotatable bonds is 5. The number of thioether (sulfide) groups is 1. The van der Waals surface area contributed by atoms with Gasteiger partial charge in [-0.1, -0.05) is 24.8 Å². The van der Waals surface area contributed by atoms with Gasteiger partial charge in [0.15, 0.2) is 5.16 Å². The van der Waals surface area contributed by atoms with Crippen molar-refractivity contribution in [1.82, 2.24) is 9.97 Å². The third-order valence-electron chi connectivity index (χ3n) is 2.70. The first-order valence-corrected chi connectivity index (χ1v) is 7.45. The number of carbonyl (C=O) groups is 1. The molecule has 2 aromatic rings. The molecule has 0 atom stereocenters. The van der Waals surface area contributed by atoms with Crippen LogP contribution >= 0.6 is 11.8 Å². The van der Waals surface area contributed by atoms with Crippen molar-refractivity contribution >= 4 is 23.4 Å². The van der Waals surface area contributed by atoms with Crippen LogP contribution in [0.1, 0.15) is 12.6 Å². The van der Waals surface area contributed by atoms with E-state index in [2.05, 4.69) is 15.3 Å². The zero-order valence-electron chi connectivity index (χ0n) is 11.7. The largest absolute Gasteiger partial charge is 0.320 e. The van der Waals surface area contributed by atoms with Crippen LogP contribution in [-0.2, 0) is 11.2 Å². The van der Waals surface area contributed by atoms with E-state index in [1.165, 1.54) is 12.1 Å². The van der Waals surface area contributed by atoms with Gasteiger partial charge in [-0.15, -0.1) is 0 Å². The van der Waals surface area contributed by atoms with Crippen LogP contribution in [0.15, 0.2) is 34.2 Å². The quantitative estimate of drug-likeness (QED) is 0.653. The molecule has 0 bridgehead atoms. The molecule has 5 nitrogen and oxygen atoms in total. The maximum Gasteiger partial charge on any atom is 0.251 e. The number of hydrogen-bond donors (Lipinski definition) is 2. The Hall–Kier alpha value is -2.22. The summed E-state index contributed by atoms with van der Waals surface area (Å²) < 4.78 is 26.8. The number of benzene rings is 1. The topological polar surface area (TPSA) is 74.8 Å². The predicted molar refractivity (Wildman–Crippen MR) is 79.9 cm³/mol. The van der Waals surface area contributed by atoms with E-state index in [0.717, 1.165) is 23.9 Å². The Morgan fingerprint density at radius 2 is 2.05 bits per heavy atom. The standard InChI is InChI=1S/C14H13F2N3O2S/c1-2-8-6-11(20)19-14(17-8)22-7-12(21)18-13-9(15)4-3-5-10(13)16/h3-6H,2,7H2,1H3,(H,18,21)(H,17,19,20). The van der Waals surface area contributed by atoms with Gasteiger partial charge in [0.2, 0.25) is 5.91 Å². The van der Waals surface area contributed by atoms with Crippen LogP contribution in [0.5, 0.6) is 0 Å². The number of carbonyl (C=O) groups excluding carboxylic acids is 1. The molecule has 0 unspecified atom stereocenters. The fourth-order valence-electron chi connectivity index (χ4n) is 1.66. The van der Waals surface area contributed by atoms with Crippen molar-refractivity contribution in [2.24, 2.45) is 0 Å². The molecule has 0 fully saturated rings. The molecule has 0 saturated heterocycles. The Morgan fingerprint density at radius 3 is 2.68 bits per heavy atom. The Kier molecular flexibility index (Phi) is 5.26. The molecule has 1 heterocycles. The van der Waals surface area contributed by atoms with Crippen LogP contribution in [0, 0.1) is 11.6 Å². The van der Waals surface area contributed by atoms with Crippen molar-refractivity contribution < 1.29 is 13.6 Å². The van der Waals surface area contributed by atoms with E-state index in [1.807, 2.05) is 6.92 Å². The van der Waals surface area contributed by atoms with Crippen molar-refractivity contribution in [2.45, 2.75) is 18.5 Å². The minimum Gasteiger partial charge on any atom is -0.320 e. The molecule has 22 heavy (non-hydrogen) atoms. The van der Waals surface area contributed by atoms with Crippen LogP contribution in [0.25, 0.3) is 0 Å². The number of aryl methyl sites for hydroxylation is 1. The van der Waals surface area contributed by atoms with Crippen molar-refractivity contribution in [3.8, 4) is 0 Å². The highest BCUT2D eigenvalue weighted by atomic mass is 32.2. The Morgan fingerprint density at radius 1 is 1.36 bits per heavy atom. The summed E-state index contributed by atoms with van der Waals surface area (Å²) in [5.74, 6) is -2.43. The fraction of sp³-hybridized carbons (Fsp3) is 0.214. The molecular weight excluding hydrogens is 312 g/mol. The molecule has 0 aliphatic rings. The van der Waals surface area contributed by atoms with Crippen LogP contribution in [0.3, 0.4) is 0 Å². The Labute approximate surface area is 129 Å². The molecule has 2 N–H and O–H groups in total. The molecular formula is C14H13F2N3O2S. The molecule has 116 valence electrons. The first-order chi connectivity index (χ1) is 10.5. The monoisotopic (exact) mass is 325 g/mol. The number of aromatic nitrogens is 2. The predicted octanol–water partition coefficient (Wildman–Crippen LogP) is 2.34. The van der Waals surface area contributed by atoms with Crippen molar-refractivity contribution in [3.63, 3.8) is 0 Å². The molecule has 2 rings (SSSR count). The minimum absolute atomic E-state index is 0.135. The van der Waals surface area contributed by atoms with Gasteiger partial charge in [-0.2, -0.15) is 0 Å². The number of nitrogens with one attached hydrogen (secondary N) is 2. The van der Waals surface area contributed by atoms with E-state index >= 15 is 0 Å². The lowest BCUT2D eigenvalue weighted by molar-refractivity contribution is -0.113. The van der Waals surface area contributed by atoms with Crippen LogP contribution in [0.2, 0.25) is 0 Å². The highest BCUT2D eigenvalue weighted by molar-refractivity contribution is 7.99. The number of anilines is 1. The van der Waals surface area contributed by atoms with Gasteiger partial charge in [0.1, 0.15) is 17.3 Å². The fourth-order valence-corrected chi connectivity index (χ4v) is 2.35. The number of halogens is 2. The average Bonchev–Trinajstić information content (AvgIpc) is 2.48. The number of amides is 1. The summed E-state index contributed by atoms with van der Waals surface area (Å²) in [6, 6.07) is 4.68. The van der Waals surface area contributed by atoms with E-state index in [4.69, 9.17) is 0 Å². The van der Waals surface area contributed by atoms with Gasteiger partial charge in [0, 0.05) is 11.8 Å². The SMILES string of the molecule is CCc1cc(=O)[nH]c(SCC(=O)Nc2c(F)cccc2F)n1. The number of hydrogen-bond acceptors (Lipinski definition) is 4. The normalized spacial score (nSPS) is 10.5. The summed E-state index contributed by atoms with van der Waals surface area (Å²) in [6.45, 7) is 1.85. The van der Waals surface area contributed by atoms with Crippen molar-refractivity contribution in [3.05, 3.63) is 51.9 Å². The lowest BCUT2D eigenvalue weighted by atomic mass is 10.3. The van der Waals surface area contributed by atoms with E-state index in [0.29, 0.717) is 12.1 Å². The van der Waals surface area contributed by atoms with Gasteiger partial charge >= 0.3 is 0 Å². The highest BCUT2D eigenvalue weighted by Gasteiger charge is 2.12. The van der Waals surface area contributed by atoms with Gasteiger partial charge in [-0.05, 0) is 18.6 Å². The zero-order valence-corrected chi connectivity index (χ0v) is 12.5. The summed E-state index contributed by atoms with van der Waals surface area (Å²) in [5.41, 5.74) is -0.196. The molecule has 0 spiro atoms. The number of para-hydroxylation sites is 1. The number of H-pyrrole nitrogens is 1. The maximum absolute atomic E-state index is 13.4. The highest BCUT2D eigenvalue weighted by Crippen LogP contribution is 2.19. The molecule has 0 saturated carbocycles. The first kappa shape index (κ1) is 16.2. The van der Waals surface area contributed by atoms with Crippen molar-refractivity contribution in [2.75, 3.05) is 11.1 Å². The van der Waals surface area contributed by atoms with E-state index in [9.17, 15) is 18.4 Å². The van der Waals surface area contributed by atoms with Gasteiger partial charge in [0.05, 0.1) is 5.75 Å². The van der Waals surface area contributed by atoms with E-state index in [-0.39, 0.29) is 16.5 Å². The summed E-state index contributed by atoms with van der Waals surface area (Å²) >= 11 is 0.980. The van der Waals surface area contributed by atoms with Gasteiger partial charge < -0.3 is 10.3 Å². The van der Waals surface area contributed by atoms with Crippen LogP contribution in [-0.4, -0.2) is 21.6 Å². The number of aromatic amines is 1. The second-order valence-corrected chi connectivity index (χ2v) is 5.29. The van der Waals surface area contributed by atoms with Crippen LogP contribution < -0.4 is 10.9 Å². The zero-order chi connectivity index (χ0) is 16.1. The molecule has 0 aliphatic heterocycles. The van der Waals surface area contributed by atoms with E-state index in [1.54, 1.807) is 0 Å². The first-order valence-electron chi connectivity index (χ1n) is 6.46. The maximum atomic E-state index is 13.4. The molecule has 1 amide bonds.